The van der Waals surface area contributed by atoms with Crippen LogP contribution in [0.15, 0.2) is 48.5 Å². The first kappa shape index (κ1) is 13.1. The van der Waals surface area contributed by atoms with Crippen molar-refractivity contribution < 1.29 is 9.18 Å². The second kappa shape index (κ2) is 5.52. The maximum atomic E-state index is 12.8. The molecule has 0 aliphatic rings. The van der Waals surface area contributed by atoms with Crippen molar-refractivity contribution in [2.75, 3.05) is 17.7 Å². The standard InChI is InChI=1S/C15H15FN2O/c1-18(14-4-2-3-13(17)10-14)15(19)9-11-5-7-12(16)8-6-11/h2-8,10H,9,17H2,1H3. The molecule has 0 bridgehead atoms. The number of nitrogens with zero attached hydrogens (tertiary/aromatic N) is 1. The van der Waals surface area contributed by atoms with Crippen LogP contribution in [0, 0.1) is 5.82 Å². The van der Waals surface area contributed by atoms with Crippen LogP contribution in [0.5, 0.6) is 0 Å². The maximum absolute atomic E-state index is 12.8. The van der Waals surface area contributed by atoms with Crippen molar-refractivity contribution in [2.24, 2.45) is 0 Å². The lowest BCUT2D eigenvalue weighted by Crippen LogP contribution is -2.27. The predicted octanol–water partition coefficient (Wildman–Crippen LogP) is 2.61. The molecule has 0 aliphatic carbocycles. The van der Waals surface area contributed by atoms with Gasteiger partial charge in [0.25, 0.3) is 0 Å². The summed E-state index contributed by atoms with van der Waals surface area (Å²) in [6.07, 6.45) is 0.228. The molecular formula is C15H15FN2O. The average molecular weight is 258 g/mol. The van der Waals surface area contributed by atoms with E-state index in [0.29, 0.717) is 5.69 Å². The van der Waals surface area contributed by atoms with E-state index in [1.54, 1.807) is 42.3 Å². The normalized spacial score (nSPS) is 10.2. The van der Waals surface area contributed by atoms with E-state index < -0.39 is 0 Å². The van der Waals surface area contributed by atoms with E-state index in [4.69, 9.17) is 5.73 Å². The number of halogens is 1. The number of carbonyl (C=O) groups is 1. The molecule has 3 nitrogen and oxygen atoms in total. The monoisotopic (exact) mass is 258 g/mol. The Morgan fingerprint density at radius 3 is 2.53 bits per heavy atom. The van der Waals surface area contributed by atoms with E-state index in [-0.39, 0.29) is 18.1 Å². The van der Waals surface area contributed by atoms with Gasteiger partial charge in [-0.05, 0) is 35.9 Å². The molecule has 2 aromatic rings. The molecule has 4 heteroatoms. The fourth-order valence-corrected chi connectivity index (χ4v) is 1.77. The number of anilines is 2. The minimum absolute atomic E-state index is 0.0720. The van der Waals surface area contributed by atoms with Crippen LogP contribution in [0.2, 0.25) is 0 Å². The van der Waals surface area contributed by atoms with Gasteiger partial charge in [-0.3, -0.25) is 4.79 Å². The highest BCUT2D eigenvalue weighted by Gasteiger charge is 2.11. The predicted molar refractivity (Wildman–Crippen MR) is 74.4 cm³/mol. The summed E-state index contributed by atoms with van der Waals surface area (Å²) in [5, 5.41) is 0. The summed E-state index contributed by atoms with van der Waals surface area (Å²) in [7, 11) is 1.70. The van der Waals surface area contributed by atoms with Crippen LogP contribution in [0.3, 0.4) is 0 Å². The second-order valence-electron chi connectivity index (χ2n) is 4.35. The van der Waals surface area contributed by atoms with E-state index in [1.165, 1.54) is 12.1 Å². The maximum Gasteiger partial charge on any atom is 0.231 e. The van der Waals surface area contributed by atoms with Crippen molar-refractivity contribution in [1.29, 1.82) is 0 Å². The van der Waals surface area contributed by atoms with Crippen molar-refractivity contribution in [3.05, 3.63) is 59.9 Å². The zero-order valence-electron chi connectivity index (χ0n) is 10.6. The first-order chi connectivity index (χ1) is 9.06. The molecule has 98 valence electrons. The summed E-state index contributed by atoms with van der Waals surface area (Å²) in [6.45, 7) is 0. The first-order valence-corrected chi connectivity index (χ1v) is 5.93. The molecule has 0 unspecified atom stereocenters. The summed E-state index contributed by atoms with van der Waals surface area (Å²) in [5.41, 5.74) is 7.82. The number of likely N-dealkylation sites (N-methyl/N-ethyl adjacent to an activating group) is 1. The average Bonchev–Trinajstić information content (AvgIpc) is 2.40. The zero-order chi connectivity index (χ0) is 13.8. The van der Waals surface area contributed by atoms with Gasteiger partial charge in [0, 0.05) is 18.4 Å². The summed E-state index contributed by atoms with van der Waals surface area (Å²) in [6, 6.07) is 13.0. The molecule has 0 atom stereocenters. The zero-order valence-corrected chi connectivity index (χ0v) is 10.6. The Labute approximate surface area is 111 Å². The van der Waals surface area contributed by atoms with Gasteiger partial charge in [0.15, 0.2) is 0 Å². The first-order valence-electron chi connectivity index (χ1n) is 5.93. The number of nitrogen functional groups attached to an aromatic ring is 1. The summed E-state index contributed by atoms with van der Waals surface area (Å²) in [4.78, 5) is 13.6. The molecule has 0 fully saturated rings. The minimum atomic E-state index is -0.305. The van der Waals surface area contributed by atoms with Crippen molar-refractivity contribution in [2.45, 2.75) is 6.42 Å². The topological polar surface area (TPSA) is 46.3 Å². The van der Waals surface area contributed by atoms with Crippen LogP contribution in [-0.4, -0.2) is 13.0 Å². The van der Waals surface area contributed by atoms with Crippen molar-refractivity contribution in [3.8, 4) is 0 Å². The summed E-state index contributed by atoms with van der Waals surface area (Å²) < 4.78 is 12.8. The van der Waals surface area contributed by atoms with Crippen LogP contribution in [0.4, 0.5) is 15.8 Å². The number of benzene rings is 2. The Hall–Kier alpha value is -2.36. The highest BCUT2D eigenvalue weighted by Crippen LogP contribution is 2.17. The van der Waals surface area contributed by atoms with E-state index >= 15 is 0 Å². The van der Waals surface area contributed by atoms with E-state index in [1.807, 2.05) is 6.07 Å². The van der Waals surface area contributed by atoms with Gasteiger partial charge in [0.1, 0.15) is 5.82 Å². The molecule has 0 heterocycles. The molecule has 0 aromatic heterocycles. The van der Waals surface area contributed by atoms with Crippen LogP contribution >= 0.6 is 0 Å². The Bertz CT molecular complexity index is 581. The van der Waals surface area contributed by atoms with Crippen LogP contribution in [0.1, 0.15) is 5.56 Å². The highest BCUT2D eigenvalue weighted by molar-refractivity contribution is 5.94. The lowest BCUT2D eigenvalue weighted by molar-refractivity contribution is -0.117. The molecule has 2 rings (SSSR count). The van der Waals surface area contributed by atoms with Gasteiger partial charge in [-0.15, -0.1) is 0 Å². The van der Waals surface area contributed by atoms with Crippen molar-refractivity contribution >= 4 is 17.3 Å². The van der Waals surface area contributed by atoms with Crippen LogP contribution < -0.4 is 10.6 Å². The molecule has 0 saturated heterocycles. The Kier molecular flexibility index (Phi) is 3.80. The van der Waals surface area contributed by atoms with Gasteiger partial charge in [-0.25, -0.2) is 4.39 Å². The number of nitrogens with two attached hydrogens (primary N) is 1. The van der Waals surface area contributed by atoms with Crippen LogP contribution in [0.25, 0.3) is 0 Å². The molecule has 0 aliphatic heterocycles. The quantitative estimate of drug-likeness (QED) is 0.860. The molecule has 0 saturated carbocycles. The third-order valence-electron chi connectivity index (χ3n) is 2.90. The van der Waals surface area contributed by atoms with E-state index in [9.17, 15) is 9.18 Å². The molecular weight excluding hydrogens is 243 g/mol. The minimum Gasteiger partial charge on any atom is -0.399 e. The summed E-state index contributed by atoms with van der Waals surface area (Å²) >= 11 is 0. The highest BCUT2D eigenvalue weighted by atomic mass is 19.1. The molecule has 19 heavy (non-hydrogen) atoms. The third kappa shape index (κ3) is 3.31. The Morgan fingerprint density at radius 2 is 1.89 bits per heavy atom. The molecule has 1 amide bonds. The second-order valence-corrected chi connectivity index (χ2v) is 4.35. The number of hydrogen-bond acceptors (Lipinski definition) is 2. The number of rotatable bonds is 3. The van der Waals surface area contributed by atoms with E-state index in [0.717, 1.165) is 11.3 Å². The fraction of sp³-hybridized carbons (Fsp3) is 0.133. The SMILES string of the molecule is CN(C(=O)Cc1ccc(F)cc1)c1cccc(N)c1. The lowest BCUT2D eigenvalue weighted by Gasteiger charge is -2.17. The number of hydrogen-bond donors (Lipinski definition) is 1. The molecule has 2 N–H and O–H groups in total. The smallest absolute Gasteiger partial charge is 0.231 e. The molecule has 0 radical (unpaired) electrons. The van der Waals surface area contributed by atoms with Gasteiger partial charge in [-0.1, -0.05) is 18.2 Å². The third-order valence-corrected chi connectivity index (χ3v) is 2.90. The van der Waals surface area contributed by atoms with Crippen molar-refractivity contribution in [1.82, 2.24) is 0 Å². The largest absolute Gasteiger partial charge is 0.399 e. The van der Waals surface area contributed by atoms with Gasteiger partial charge < -0.3 is 10.6 Å². The molecule has 0 spiro atoms. The van der Waals surface area contributed by atoms with Gasteiger partial charge in [-0.2, -0.15) is 0 Å². The number of amides is 1. The number of carbonyl (C=O) groups excluding carboxylic acids is 1. The van der Waals surface area contributed by atoms with Crippen LogP contribution in [-0.2, 0) is 11.2 Å². The van der Waals surface area contributed by atoms with Gasteiger partial charge in [0.2, 0.25) is 5.91 Å². The van der Waals surface area contributed by atoms with Gasteiger partial charge >= 0.3 is 0 Å². The lowest BCUT2D eigenvalue weighted by atomic mass is 10.1. The Morgan fingerprint density at radius 1 is 1.21 bits per heavy atom. The Balaban J connectivity index is 2.09. The van der Waals surface area contributed by atoms with Gasteiger partial charge in [0.05, 0.1) is 6.42 Å². The summed E-state index contributed by atoms with van der Waals surface area (Å²) in [5.74, 6) is -0.377. The molecule has 2 aromatic carbocycles. The van der Waals surface area contributed by atoms with Crippen molar-refractivity contribution in [3.63, 3.8) is 0 Å². The van der Waals surface area contributed by atoms with E-state index in [2.05, 4.69) is 0 Å². The fourth-order valence-electron chi connectivity index (χ4n) is 1.77.